The van der Waals surface area contributed by atoms with Crippen LogP contribution in [0.4, 0.5) is 4.79 Å². The van der Waals surface area contributed by atoms with Crippen molar-refractivity contribution >= 4 is 12.0 Å². The van der Waals surface area contributed by atoms with E-state index in [0.717, 1.165) is 11.1 Å². The molecule has 0 aliphatic carbocycles. The van der Waals surface area contributed by atoms with Crippen molar-refractivity contribution < 1.29 is 19.1 Å². The number of hydrogen-bond donors (Lipinski definition) is 0. The average molecular weight is 423 g/mol. The van der Waals surface area contributed by atoms with Gasteiger partial charge in [0.05, 0.1) is 18.7 Å². The third-order valence-electron chi connectivity index (χ3n) is 5.78. The van der Waals surface area contributed by atoms with Crippen molar-refractivity contribution in [3.05, 3.63) is 71.3 Å². The molecule has 164 valence electrons. The molecule has 31 heavy (non-hydrogen) atoms. The van der Waals surface area contributed by atoms with Crippen molar-refractivity contribution in [2.75, 3.05) is 6.61 Å². The van der Waals surface area contributed by atoms with Crippen molar-refractivity contribution in [1.29, 1.82) is 0 Å². The first-order chi connectivity index (χ1) is 14.6. The standard InChI is InChI=1S/C25H30N2O4/c1-24(2,3)31-23(29)27-20(16-30-25(27,4)5)21-18-13-9-10-14-19(18)22(28)26(21)15-17-11-7-6-8-12-17/h6-14,20-21H,15-16H2,1-5H3/t20-,21-/m1/s1. The summed E-state index contributed by atoms with van der Waals surface area (Å²) in [6, 6.07) is 16.9. The van der Waals surface area contributed by atoms with E-state index in [1.165, 1.54) is 0 Å². The number of carbonyl (C=O) groups is 2. The highest BCUT2D eigenvalue weighted by Crippen LogP contribution is 2.43. The highest BCUT2D eigenvalue weighted by atomic mass is 16.6. The third kappa shape index (κ3) is 4.04. The van der Waals surface area contributed by atoms with Crippen LogP contribution in [0.25, 0.3) is 0 Å². The second-order valence-corrected chi connectivity index (χ2v) is 9.63. The van der Waals surface area contributed by atoms with E-state index >= 15 is 0 Å². The lowest BCUT2D eigenvalue weighted by atomic mass is 9.97. The molecule has 0 unspecified atom stereocenters. The molecule has 6 heteroatoms. The monoisotopic (exact) mass is 422 g/mol. The summed E-state index contributed by atoms with van der Waals surface area (Å²) in [5.74, 6) is -0.0294. The van der Waals surface area contributed by atoms with E-state index < -0.39 is 17.4 Å². The molecule has 2 aliphatic heterocycles. The van der Waals surface area contributed by atoms with Gasteiger partial charge < -0.3 is 14.4 Å². The molecule has 0 spiro atoms. The summed E-state index contributed by atoms with van der Waals surface area (Å²) < 4.78 is 11.8. The lowest BCUT2D eigenvalue weighted by Crippen LogP contribution is -2.53. The molecule has 0 N–H and O–H groups in total. The number of carbonyl (C=O) groups excluding carboxylic acids is 2. The Bertz CT molecular complexity index is 981. The largest absolute Gasteiger partial charge is 0.444 e. The molecule has 0 radical (unpaired) electrons. The maximum Gasteiger partial charge on any atom is 0.412 e. The van der Waals surface area contributed by atoms with Gasteiger partial charge in [0.25, 0.3) is 5.91 Å². The van der Waals surface area contributed by atoms with Crippen LogP contribution in [0.15, 0.2) is 54.6 Å². The molecule has 2 heterocycles. The second kappa shape index (κ2) is 7.68. The third-order valence-corrected chi connectivity index (χ3v) is 5.78. The zero-order chi connectivity index (χ0) is 22.4. The fourth-order valence-corrected chi connectivity index (χ4v) is 4.50. The molecule has 1 fully saturated rings. The van der Waals surface area contributed by atoms with Gasteiger partial charge in [-0.25, -0.2) is 4.79 Å². The summed E-state index contributed by atoms with van der Waals surface area (Å²) in [6.45, 7) is 10.0. The molecule has 1 saturated heterocycles. The molecule has 2 aromatic rings. The van der Waals surface area contributed by atoms with E-state index in [-0.39, 0.29) is 18.0 Å². The number of nitrogens with zero attached hydrogens (tertiary/aromatic N) is 2. The minimum absolute atomic E-state index is 0.0294. The molecule has 2 aliphatic rings. The van der Waals surface area contributed by atoms with Crippen LogP contribution in [-0.2, 0) is 16.0 Å². The Hall–Kier alpha value is -2.86. The Morgan fingerprint density at radius 3 is 2.42 bits per heavy atom. The topological polar surface area (TPSA) is 59.1 Å². The Balaban J connectivity index is 1.74. The Labute approximate surface area is 183 Å². The lowest BCUT2D eigenvalue weighted by molar-refractivity contribution is -0.0652. The number of fused-ring (bicyclic) bond motifs is 1. The molecular weight excluding hydrogens is 392 g/mol. The van der Waals surface area contributed by atoms with Gasteiger partial charge in [-0.2, -0.15) is 0 Å². The van der Waals surface area contributed by atoms with Gasteiger partial charge in [0.15, 0.2) is 0 Å². The molecule has 0 aromatic heterocycles. The van der Waals surface area contributed by atoms with E-state index in [1.54, 1.807) is 4.90 Å². The van der Waals surface area contributed by atoms with Crippen LogP contribution < -0.4 is 0 Å². The van der Waals surface area contributed by atoms with Gasteiger partial charge >= 0.3 is 6.09 Å². The Kier molecular flexibility index (Phi) is 5.30. The molecule has 2 atom stereocenters. The highest BCUT2D eigenvalue weighted by molar-refractivity contribution is 5.99. The number of rotatable bonds is 3. The summed E-state index contributed by atoms with van der Waals surface area (Å²) in [5.41, 5.74) is 1.16. The van der Waals surface area contributed by atoms with E-state index in [0.29, 0.717) is 18.7 Å². The predicted octanol–water partition coefficient (Wildman–Crippen LogP) is 4.76. The zero-order valence-corrected chi connectivity index (χ0v) is 18.8. The summed E-state index contributed by atoms with van der Waals surface area (Å²) in [4.78, 5) is 30.1. The fraction of sp³-hybridized carbons (Fsp3) is 0.440. The van der Waals surface area contributed by atoms with Crippen molar-refractivity contribution in [3.63, 3.8) is 0 Å². The summed E-state index contributed by atoms with van der Waals surface area (Å²) in [5, 5.41) is 0. The van der Waals surface area contributed by atoms with Crippen LogP contribution in [0.3, 0.4) is 0 Å². The normalized spacial score (nSPS) is 22.5. The van der Waals surface area contributed by atoms with Crippen LogP contribution in [-0.4, -0.2) is 45.8 Å². The highest BCUT2D eigenvalue weighted by Gasteiger charge is 2.53. The molecule has 0 saturated carbocycles. The lowest BCUT2D eigenvalue weighted by Gasteiger charge is -2.39. The van der Waals surface area contributed by atoms with Gasteiger partial charge in [-0.1, -0.05) is 48.5 Å². The first-order valence-electron chi connectivity index (χ1n) is 10.7. The second-order valence-electron chi connectivity index (χ2n) is 9.63. The van der Waals surface area contributed by atoms with E-state index in [1.807, 2.05) is 94.1 Å². The van der Waals surface area contributed by atoms with Gasteiger partial charge in [0.2, 0.25) is 0 Å². The SMILES string of the molecule is CC(C)(C)OC(=O)N1[C@@H]([C@H]2c3ccccc3C(=O)N2Cc2ccccc2)COC1(C)C. The predicted molar refractivity (Wildman–Crippen MR) is 117 cm³/mol. The van der Waals surface area contributed by atoms with Crippen LogP contribution in [0.1, 0.15) is 62.1 Å². The maximum atomic E-state index is 13.4. The van der Waals surface area contributed by atoms with Gasteiger partial charge in [-0.05, 0) is 51.8 Å². The smallest absolute Gasteiger partial charge is 0.412 e. The molecule has 6 nitrogen and oxygen atoms in total. The quantitative estimate of drug-likeness (QED) is 0.716. The molecule has 2 aromatic carbocycles. The van der Waals surface area contributed by atoms with Gasteiger partial charge in [0.1, 0.15) is 11.3 Å². The average Bonchev–Trinajstić information content (AvgIpc) is 3.15. The van der Waals surface area contributed by atoms with E-state index in [9.17, 15) is 9.59 Å². The van der Waals surface area contributed by atoms with Crippen LogP contribution in [0.5, 0.6) is 0 Å². The fourth-order valence-electron chi connectivity index (χ4n) is 4.50. The van der Waals surface area contributed by atoms with Gasteiger partial charge in [-0.15, -0.1) is 0 Å². The minimum Gasteiger partial charge on any atom is -0.444 e. The molecule has 4 rings (SSSR count). The van der Waals surface area contributed by atoms with Crippen LogP contribution in [0, 0.1) is 0 Å². The zero-order valence-electron chi connectivity index (χ0n) is 18.8. The number of ether oxygens (including phenoxy) is 2. The number of amides is 2. The first kappa shape index (κ1) is 21.4. The van der Waals surface area contributed by atoms with E-state index in [4.69, 9.17) is 9.47 Å². The minimum atomic E-state index is -0.841. The molecule has 0 bridgehead atoms. The van der Waals surface area contributed by atoms with Crippen molar-refractivity contribution in [2.24, 2.45) is 0 Å². The van der Waals surface area contributed by atoms with Crippen LogP contribution >= 0.6 is 0 Å². The summed E-state index contributed by atoms with van der Waals surface area (Å²) in [7, 11) is 0. The van der Waals surface area contributed by atoms with Crippen molar-refractivity contribution in [1.82, 2.24) is 9.80 Å². The summed E-state index contributed by atoms with van der Waals surface area (Å²) >= 11 is 0. The molecular formula is C25H30N2O4. The van der Waals surface area contributed by atoms with Crippen molar-refractivity contribution in [3.8, 4) is 0 Å². The summed E-state index contributed by atoms with van der Waals surface area (Å²) in [6.07, 6.45) is -0.434. The molecule has 2 amide bonds. The van der Waals surface area contributed by atoms with Crippen molar-refractivity contribution in [2.45, 2.75) is 64.6 Å². The Morgan fingerprint density at radius 2 is 1.74 bits per heavy atom. The first-order valence-corrected chi connectivity index (χ1v) is 10.7. The van der Waals surface area contributed by atoms with Gasteiger partial charge in [-0.3, -0.25) is 9.69 Å². The van der Waals surface area contributed by atoms with Crippen LogP contribution in [0.2, 0.25) is 0 Å². The number of hydrogen-bond acceptors (Lipinski definition) is 4. The maximum absolute atomic E-state index is 13.4. The van der Waals surface area contributed by atoms with E-state index in [2.05, 4.69) is 0 Å². The Morgan fingerprint density at radius 1 is 1.10 bits per heavy atom. The number of benzene rings is 2. The van der Waals surface area contributed by atoms with Gasteiger partial charge in [0, 0.05) is 12.1 Å².